The van der Waals surface area contributed by atoms with Gasteiger partial charge in [-0.15, -0.1) is 5.10 Å². The fourth-order valence-corrected chi connectivity index (χ4v) is 3.24. The zero-order valence-corrected chi connectivity index (χ0v) is 13.9. The fourth-order valence-electron chi connectivity index (χ4n) is 2.48. The minimum atomic E-state index is -0.172. The lowest BCUT2D eigenvalue weighted by Crippen LogP contribution is -2.32. The van der Waals surface area contributed by atoms with Crippen molar-refractivity contribution in [3.8, 4) is 5.69 Å². The molecule has 2 aromatic rings. The smallest absolute Gasteiger partial charge is 0.233 e. The molecule has 0 aliphatic heterocycles. The minimum Gasteiger partial charge on any atom is -0.352 e. The zero-order valence-electron chi connectivity index (χ0n) is 13.1. The predicted molar refractivity (Wildman–Crippen MR) is 89.8 cm³/mol. The summed E-state index contributed by atoms with van der Waals surface area (Å²) in [5.41, 5.74) is 1.03. The van der Waals surface area contributed by atoms with E-state index in [0.29, 0.717) is 17.1 Å². The Balaban J connectivity index is 1.53. The molecular weight excluding hydrogens is 308 g/mol. The molecule has 1 heterocycles. The maximum absolute atomic E-state index is 12.1. The highest BCUT2D eigenvalue weighted by Crippen LogP contribution is 2.40. The third-order valence-corrected chi connectivity index (χ3v) is 5.08. The quantitative estimate of drug-likeness (QED) is 0.828. The van der Waals surface area contributed by atoms with Crippen LogP contribution in [0.4, 0.5) is 0 Å². The summed E-state index contributed by atoms with van der Waals surface area (Å²) in [4.78, 5) is 16.8. The summed E-state index contributed by atoms with van der Waals surface area (Å²) < 4.78 is 1.94. The number of carbonyl (C=O) groups is 1. The number of nitrogens with one attached hydrogen (secondary N) is 1. The second-order valence-electron chi connectivity index (χ2n) is 6.32. The largest absolute Gasteiger partial charge is 0.352 e. The number of carbonyl (C=O) groups excluding carboxylic acids is 1. The van der Waals surface area contributed by atoms with Crippen LogP contribution in [-0.2, 0) is 4.79 Å². The highest BCUT2D eigenvalue weighted by molar-refractivity contribution is 8.00. The van der Waals surface area contributed by atoms with Crippen LogP contribution < -0.4 is 5.32 Å². The summed E-state index contributed by atoms with van der Waals surface area (Å²) in [6.45, 7) is 1.92. The Morgan fingerprint density at radius 1 is 1.26 bits per heavy atom. The summed E-state index contributed by atoms with van der Waals surface area (Å²) in [5, 5.41) is 8.20. The van der Waals surface area contributed by atoms with E-state index in [1.54, 1.807) is 0 Å². The molecule has 120 valence electrons. The molecule has 1 atom stereocenters. The van der Waals surface area contributed by atoms with Crippen LogP contribution in [0, 0.1) is 0 Å². The molecule has 0 spiro atoms. The number of thioether (sulfide) groups is 1. The monoisotopic (exact) mass is 328 g/mol. The van der Waals surface area contributed by atoms with Crippen molar-refractivity contribution in [2.45, 2.75) is 55.0 Å². The maximum Gasteiger partial charge on any atom is 0.233 e. The van der Waals surface area contributed by atoms with Crippen LogP contribution in [0.25, 0.3) is 5.69 Å². The molecular formula is C17H20N4OS. The van der Waals surface area contributed by atoms with Crippen molar-refractivity contribution in [1.29, 1.82) is 0 Å². The number of nitrogens with zero attached hydrogens (tertiary/aromatic N) is 3. The molecule has 1 aromatic carbocycles. The molecule has 0 radical (unpaired) electrons. The van der Waals surface area contributed by atoms with Crippen LogP contribution in [0.2, 0.25) is 0 Å². The van der Waals surface area contributed by atoms with Gasteiger partial charge in [0, 0.05) is 12.0 Å². The number of para-hydroxylation sites is 1. The molecule has 0 saturated heterocycles. The maximum atomic E-state index is 12.1. The zero-order chi connectivity index (χ0) is 15.8. The molecule has 2 aliphatic rings. The van der Waals surface area contributed by atoms with E-state index in [-0.39, 0.29) is 11.2 Å². The van der Waals surface area contributed by atoms with Gasteiger partial charge in [0.15, 0.2) is 0 Å². The SMILES string of the molecule is CC(Sc1nc(C2CC2)n(-c2ccccc2)n1)C(=O)NC1CC1. The fraction of sp³-hybridized carbons (Fsp3) is 0.471. The van der Waals surface area contributed by atoms with Crippen LogP contribution in [0.15, 0.2) is 35.5 Å². The normalized spacial score (nSPS) is 18.7. The molecule has 1 aromatic heterocycles. The molecule has 2 fully saturated rings. The van der Waals surface area contributed by atoms with Gasteiger partial charge in [0.1, 0.15) is 5.82 Å². The van der Waals surface area contributed by atoms with Gasteiger partial charge in [-0.25, -0.2) is 9.67 Å². The first kappa shape index (κ1) is 14.8. The Labute approximate surface area is 139 Å². The van der Waals surface area contributed by atoms with Crippen molar-refractivity contribution in [2.24, 2.45) is 0 Å². The van der Waals surface area contributed by atoms with Gasteiger partial charge in [-0.2, -0.15) is 0 Å². The van der Waals surface area contributed by atoms with Crippen LogP contribution >= 0.6 is 11.8 Å². The molecule has 4 rings (SSSR count). The number of benzene rings is 1. The lowest BCUT2D eigenvalue weighted by molar-refractivity contribution is -0.120. The van der Waals surface area contributed by atoms with E-state index in [9.17, 15) is 4.79 Å². The molecule has 2 saturated carbocycles. The average molecular weight is 328 g/mol. The summed E-state index contributed by atoms with van der Waals surface area (Å²) in [6.07, 6.45) is 4.56. The van der Waals surface area contributed by atoms with Crippen molar-refractivity contribution < 1.29 is 4.79 Å². The molecule has 0 bridgehead atoms. The van der Waals surface area contributed by atoms with Crippen LogP contribution in [0.5, 0.6) is 0 Å². The molecule has 1 unspecified atom stereocenters. The van der Waals surface area contributed by atoms with Crippen LogP contribution in [-0.4, -0.2) is 32.0 Å². The van der Waals surface area contributed by atoms with Gasteiger partial charge >= 0.3 is 0 Å². The number of amides is 1. The van der Waals surface area contributed by atoms with Crippen LogP contribution in [0.1, 0.15) is 44.3 Å². The van der Waals surface area contributed by atoms with Gasteiger partial charge in [-0.1, -0.05) is 30.0 Å². The second-order valence-corrected chi connectivity index (χ2v) is 7.63. The van der Waals surface area contributed by atoms with Gasteiger partial charge in [0.2, 0.25) is 11.1 Å². The predicted octanol–water partition coefficient (Wildman–Crippen LogP) is 2.90. The Morgan fingerprint density at radius 3 is 2.65 bits per heavy atom. The van der Waals surface area contributed by atoms with Crippen molar-refractivity contribution in [2.75, 3.05) is 0 Å². The van der Waals surface area contributed by atoms with Gasteiger partial charge in [-0.3, -0.25) is 4.79 Å². The Bertz CT molecular complexity index is 707. The van der Waals surface area contributed by atoms with E-state index in [1.165, 1.54) is 24.6 Å². The molecule has 6 heteroatoms. The Hall–Kier alpha value is -1.82. The standard InChI is InChI=1S/C17H20N4OS/c1-11(16(22)18-13-9-10-13)23-17-19-15(12-7-8-12)21(20-17)14-5-3-2-4-6-14/h2-6,11-13H,7-10H2,1H3,(H,18,22). The number of aromatic nitrogens is 3. The highest BCUT2D eigenvalue weighted by atomic mass is 32.2. The first-order valence-electron chi connectivity index (χ1n) is 8.20. The first-order valence-corrected chi connectivity index (χ1v) is 9.08. The summed E-state index contributed by atoms with van der Waals surface area (Å²) in [6, 6.07) is 10.5. The average Bonchev–Trinajstić information content (AvgIpc) is 3.48. The van der Waals surface area contributed by atoms with E-state index in [1.807, 2.05) is 41.9 Å². The van der Waals surface area contributed by atoms with E-state index in [4.69, 9.17) is 4.98 Å². The topological polar surface area (TPSA) is 59.8 Å². The lowest BCUT2D eigenvalue weighted by atomic mass is 10.3. The Kier molecular flexibility index (Phi) is 3.85. The third kappa shape index (κ3) is 3.42. The van der Waals surface area contributed by atoms with Gasteiger partial charge < -0.3 is 5.32 Å². The Morgan fingerprint density at radius 2 is 2.00 bits per heavy atom. The number of hydrogen-bond donors (Lipinski definition) is 1. The number of rotatable bonds is 6. The van der Waals surface area contributed by atoms with Crippen molar-refractivity contribution in [3.05, 3.63) is 36.2 Å². The summed E-state index contributed by atoms with van der Waals surface area (Å²) >= 11 is 1.44. The van der Waals surface area contributed by atoms with Gasteiger partial charge in [0.05, 0.1) is 10.9 Å². The second kappa shape index (κ2) is 6.00. The van der Waals surface area contributed by atoms with Gasteiger partial charge in [0.25, 0.3) is 0 Å². The van der Waals surface area contributed by atoms with E-state index in [2.05, 4.69) is 10.4 Å². The first-order chi connectivity index (χ1) is 11.2. The van der Waals surface area contributed by atoms with E-state index < -0.39 is 0 Å². The van der Waals surface area contributed by atoms with Crippen molar-refractivity contribution in [1.82, 2.24) is 20.1 Å². The van der Waals surface area contributed by atoms with E-state index >= 15 is 0 Å². The number of hydrogen-bond acceptors (Lipinski definition) is 4. The molecule has 2 aliphatic carbocycles. The van der Waals surface area contributed by atoms with Crippen LogP contribution in [0.3, 0.4) is 0 Å². The van der Waals surface area contributed by atoms with Crippen molar-refractivity contribution >= 4 is 17.7 Å². The minimum absolute atomic E-state index is 0.0848. The molecule has 5 nitrogen and oxygen atoms in total. The van der Waals surface area contributed by atoms with E-state index in [0.717, 1.165) is 24.4 Å². The highest BCUT2D eigenvalue weighted by Gasteiger charge is 2.31. The lowest BCUT2D eigenvalue weighted by Gasteiger charge is -2.08. The van der Waals surface area contributed by atoms with Crippen molar-refractivity contribution in [3.63, 3.8) is 0 Å². The molecule has 1 amide bonds. The third-order valence-electron chi connectivity index (χ3n) is 4.13. The van der Waals surface area contributed by atoms with Gasteiger partial charge in [-0.05, 0) is 44.7 Å². The summed E-state index contributed by atoms with van der Waals surface area (Å²) in [5.74, 6) is 1.61. The molecule has 23 heavy (non-hydrogen) atoms. The summed E-state index contributed by atoms with van der Waals surface area (Å²) in [7, 11) is 0. The molecule has 1 N–H and O–H groups in total.